The molecule has 1 amide bonds. The second-order valence-electron chi connectivity index (χ2n) is 6.89. The molecule has 0 bridgehead atoms. The minimum absolute atomic E-state index is 0.000133. The highest BCUT2D eigenvalue weighted by Crippen LogP contribution is 2.22. The molecule has 1 unspecified atom stereocenters. The van der Waals surface area contributed by atoms with Crippen molar-refractivity contribution >= 4 is 15.9 Å². The van der Waals surface area contributed by atoms with Crippen LogP contribution in [0.1, 0.15) is 17.2 Å². The Morgan fingerprint density at radius 1 is 1.17 bits per heavy atom. The second-order valence-corrected chi connectivity index (χ2v) is 8.45. The number of carbonyl (C=O) groups is 1. The monoisotopic (exact) mass is 421 g/mol. The summed E-state index contributed by atoms with van der Waals surface area (Å²) < 4.78 is 41.7. The van der Waals surface area contributed by atoms with Crippen molar-refractivity contribution in [3.05, 3.63) is 65.5 Å². The molecule has 0 saturated carbocycles. The zero-order chi connectivity index (χ0) is 20.9. The Bertz CT molecular complexity index is 944. The van der Waals surface area contributed by atoms with Crippen LogP contribution in [0.2, 0.25) is 0 Å². The van der Waals surface area contributed by atoms with E-state index in [1.165, 1.54) is 24.3 Å². The van der Waals surface area contributed by atoms with Crippen LogP contribution < -0.4 is 10.5 Å². The third-order valence-electron chi connectivity index (χ3n) is 4.83. The number of amides is 1. The van der Waals surface area contributed by atoms with Gasteiger partial charge in [0.15, 0.2) is 0 Å². The smallest absolute Gasteiger partial charge is 0.238 e. The van der Waals surface area contributed by atoms with Gasteiger partial charge in [-0.25, -0.2) is 17.9 Å². The average molecular weight is 421 g/mol. The van der Waals surface area contributed by atoms with Gasteiger partial charge in [0.25, 0.3) is 0 Å². The summed E-state index contributed by atoms with van der Waals surface area (Å²) in [6, 6.07) is 12.1. The van der Waals surface area contributed by atoms with Crippen LogP contribution in [0.25, 0.3) is 0 Å². The summed E-state index contributed by atoms with van der Waals surface area (Å²) in [4.78, 5) is 14.6. The maximum Gasteiger partial charge on any atom is 0.238 e. The number of nitrogens with one attached hydrogen (secondary N) is 1. The van der Waals surface area contributed by atoms with Crippen molar-refractivity contribution in [1.29, 1.82) is 0 Å². The van der Waals surface area contributed by atoms with Crippen LogP contribution in [0.3, 0.4) is 0 Å². The zero-order valence-electron chi connectivity index (χ0n) is 15.9. The third-order valence-corrected chi connectivity index (χ3v) is 5.76. The van der Waals surface area contributed by atoms with Crippen molar-refractivity contribution in [3.8, 4) is 0 Å². The van der Waals surface area contributed by atoms with Crippen LogP contribution >= 0.6 is 0 Å². The zero-order valence-corrected chi connectivity index (χ0v) is 16.7. The average Bonchev–Trinajstić information content (AvgIpc) is 2.69. The molecule has 3 N–H and O–H groups in total. The normalized spacial score (nSPS) is 16.3. The first-order valence-corrected chi connectivity index (χ1v) is 10.8. The molecule has 156 valence electrons. The lowest BCUT2D eigenvalue weighted by Crippen LogP contribution is -2.44. The van der Waals surface area contributed by atoms with Gasteiger partial charge >= 0.3 is 0 Å². The highest BCUT2D eigenvalue weighted by Gasteiger charge is 2.23. The Morgan fingerprint density at radius 3 is 2.48 bits per heavy atom. The fourth-order valence-electron chi connectivity index (χ4n) is 3.32. The minimum Gasteiger partial charge on any atom is -0.379 e. The lowest BCUT2D eigenvalue weighted by atomic mass is 10.0. The molecule has 1 aliphatic heterocycles. The van der Waals surface area contributed by atoms with Crippen LogP contribution in [0.4, 0.5) is 4.39 Å². The second kappa shape index (κ2) is 9.45. The Hall–Kier alpha value is -2.33. The topological polar surface area (TPSA) is 102 Å². The van der Waals surface area contributed by atoms with Gasteiger partial charge < -0.3 is 10.1 Å². The predicted molar refractivity (Wildman–Crippen MR) is 106 cm³/mol. The molecular weight excluding hydrogens is 397 g/mol. The van der Waals surface area contributed by atoms with Crippen molar-refractivity contribution < 1.29 is 22.3 Å². The third kappa shape index (κ3) is 6.07. The van der Waals surface area contributed by atoms with Gasteiger partial charge in [0.1, 0.15) is 5.82 Å². The summed E-state index contributed by atoms with van der Waals surface area (Å²) in [6.07, 6.45) is 0.101. The van der Waals surface area contributed by atoms with E-state index in [4.69, 9.17) is 9.88 Å². The first-order chi connectivity index (χ1) is 13.8. The van der Waals surface area contributed by atoms with Gasteiger partial charge in [-0.1, -0.05) is 24.3 Å². The maximum atomic E-state index is 13.7. The fraction of sp³-hybridized carbons (Fsp3) is 0.350. The molecule has 1 atom stereocenters. The molecule has 2 aromatic rings. The first-order valence-electron chi connectivity index (χ1n) is 9.28. The van der Waals surface area contributed by atoms with E-state index < -0.39 is 10.0 Å². The summed E-state index contributed by atoms with van der Waals surface area (Å²) in [5.74, 6) is -0.523. The van der Waals surface area contributed by atoms with Crippen LogP contribution in [-0.2, 0) is 26.0 Å². The molecule has 3 rings (SSSR count). The lowest BCUT2D eigenvalue weighted by Gasteiger charge is -2.35. The molecule has 1 saturated heterocycles. The molecule has 0 aromatic heterocycles. The van der Waals surface area contributed by atoms with E-state index in [2.05, 4.69) is 10.2 Å². The fourth-order valence-corrected chi connectivity index (χ4v) is 3.83. The Morgan fingerprint density at radius 2 is 1.86 bits per heavy atom. The number of ether oxygens (including phenoxy) is 1. The highest BCUT2D eigenvalue weighted by molar-refractivity contribution is 7.89. The van der Waals surface area contributed by atoms with Gasteiger partial charge in [0, 0.05) is 19.6 Å². The van der Waals surface area contributed by atoms with E-state index in [0.29, 0.717) is 38.4 Å². The van der Waals surface area contributed by atoms with E-state index in [0.717, 1.165) is 5.56 Å². The van der Waals surface area contributed by atoms with Gasteiger partial charge in [-0.2, -0.15) is 0 Å². The van der Waals surface area contributed by atoms with Gasteiger partial charge in [-0.05, 0) is 35.4 Å². The molecule has 7 nitrogen and oxygen atoms in total. The standard InChI is InChI=1S/C20H24FN3O4S/c21-17-3-1-2-16(13-17)19(24-8-10-28-11-9-24)14-23-20(25)12-15-4-6-18(7-5-15)29(22,26)27/h1-7,13,19H,8-12,14H2,(H,23,25)(H2,22,26,27). The van der Waals surface area contributed by atoms with Gasteiger partial charge in [-0.3, -0.25) is 9.69 Å². The van der Waals surface area contributed by atoms with E-state index in [9.17, 15) is 17.6 Å². The van der Waals surface area contributed by atoms with Crippen molar-refractivity contribution in [1.82, 2.24) is 10.2 Å². The highest BCUT2D eigenvalue weighted by atomic mass is 32.2. The summed E-state index contributed by atoms with van der Waals surface area (Å²) in [5.41, 5.74) is 1.47. The van der Waals surface area contributed by atoms with Crippen molar-refractivity contribution in [2.45, 2.75) is 17.4 Å². The summed E-state index contributed by atoms with van der Waals surface area (Å²) >= 11 is 0. The van der Waals surface area contributed by atoms with Crippen molar-refractivity contribution in [3.63, 3.8) is 0 Å². The molecule has 1 aliphatic rings. The number of hydrogen-bond acceptors (Lipinski definition) is 5. The number of benzene rings is 2. The summed E-state index contributed by atoms with van der Waals surface area (Å²) in [5, 5.41) is 7.98. The van der Waals surface area contributed by atoms with Gasteiger partial charge in [0.2, 0.25) is 15.9 Å². The van der Waals surface area contributed by atoms with Gasteiger partial charge in [-0.15, -0.1) is 0 Å². The molecule has 1 heterocycles. The molecule has 0 aliphatic carbocycles. The quantitative estimate of drug-likeness (QED) is 0.700. The number of hydrogen-bond donors (Lipinski definition) is 2. The van der Waals surface area contributed by atoms with Gasteiger partial charge in [0.05, 0.1) is 30.6 Å². The Kier molecular flexibility index (Phi) is 6.96. The number of rotatable bonds is 7. The lowest BCUT2D eigenvalue weighted by molar-refractivity contribution is -0.120. The first kappa shape index (κ1) is 21.4. The van der Waals surface area contributed by atoms with Crippen LogP contribution in [-0.4, -0.2) is 52.1 Å². The van der Waals surface area contributed by atoms with E-state index >= 15 is 0 Å². The van der Waals surface area contributed by atoms with Crippen LogP contribution in [0.5, 0.6) is 0 Å². The molecule has 1 fully saturated rings. The van der Waals surface area contributed by atoms with Crippen LogP contribution in [0, 0.1) is 5.82 Å². The molecule has 9 heteroatoms. The van der Waals surface area contributed by atoms with E-state index in [1.807, 2.05) is 6.07 Å². The summed E-state index contributed by atoms with van der Waals surface area (Å²) in [7, 11) is -3.76. The maximum absolute atomic E-state index is 13.7. The number of nitrogens with zero attached hydrogens (tertiary/aromatic N) is 1. The van der Waals surface area contributed by atoms with Crippen molar-refractivity contribution in [2.24, 2.45) is 5.14 Å². The molecule has 0 radical (unpaired) electrons. The molecule has 0 spiro atoms. The summed E-state index contributed by atoms with van der Waals surface area (Å²) in [6.45, 7) is 2.92. The Balaban J connectivity index is 1.64. The largest absolute Gasteiger partial charge is 0.379 e. The minimum atomic E-state index is -3.76. The van der Waals surface area contributed by atoms with Crippen molar-refractivity contribution in [2.75, 3.05) is 32.8 Å². The number of sulfonamides is 1. The number of carbonyl (C=O) groups excluding carboxylic acids is 1. The van der Waals surface area contributed by atoms with E-state index in [1.54, 1.807) is 18.2 Å². The SMILES string of the molecule is NS(=O)(=O)c1ccc(CC(=O)NCC(c2cccc(F)c2)N2CCOCC2)cc1. The van der Waals surface area contributed by atoms with E-state index in [-0.39, 0.29) is 29.1 Å². The Labute approximate surface area is 169 Å². The number of nitrogens with two attached hydrogens (primary N) is 1. The predicted octanol–water partition coefficient (Wildman–Crippen LogP) is 1.21. The molecule has 2 aromatic carbocycles. The molecule has 29 heavy (non-hydrogen) atoms. The van der Waals surface area contributed by atoms with Crippen LogP contribution in [0.15, 0.2) is 53.4 Å². The molecular formula is C20H24FN3O4S. The number of morpholine rings is 1. The number of halogens is 1. The number of primary sulfonamides is 1.